The van der Waals surface area contributed by atoms with Crippen molar-refractivity contribution in [3.63, 3.8) is 0 Å². The highest BCUT2D eigenvalue weighted by atomic mass is 35.5. The Bertz CT molecular complexity index is 1370. The molecule has 0 radical (unpaired) electrons. The van der Waals surface area contributed by atoms with Crippen molar-refractivity contribution in [1.29, 1.82) is 0 Å². The van der Waals surface area contributed by atoms with Crippen LogP contribution in [-0.4, -0.2) is 30.9 Å². The summed E-state index contributed by atoms with van der Waals surface area (Å²) in [6, 6.07) is 12.7. The van der Waals surface area contributed by atoms with Crippen molar-refractivity contribution in [1.82, 2.24) is 5.32 Å². The minimum atomic E-state index is -0.644. The van der Waals surface area contributed by atoms with E-state index in [1.165, 1.54) is 14.0 Å². The summed E-state index contributed by atoms with van der Waals surface area (Å²) < 4.78 is 16.8. The van der Waals surface area contributed by atoms with E-state index in [1.54, 1.807) is 18.2 Å². The van der Waals surface area contributed by atoms with E-state index in [-0.39, 0.29) is 23.6 Å². The molecule has 1 saturated carbocycles. The summed E-state index contributed by atoms with van der Waals surface area (Å²) in [6.07, 6.45) is 4.56. The zero-order valence-electron chi connectivity index (χ0n) is 22.3. The molecule has 0 spiro atoms. The van der Waals surface area contributed by atoms with Gasteiger partial charge in [0.25, 0.3) is 0 Å². The number of ketones is 1. The zero-order chi connectivity index (χ0) is 27.7. The summed E-state index contributed by atoms with van der Waals surface area (Å²) in [5.74, 6) is -0.969. The summed E-state index contributed by atoms with van der Waals surface area (Å²) >= 11 is 6.09. The van der Waals surface area contributed by atoms with E-state index < -0.39 is 17.9 Å². The zero-order valence-corrected chi connectivity index (χ0v) is 23.1. The summed E-state index contributed by atoms with van der Waals surface area (Å²) in [7, 11) is 1.48. The number of carbonyl (C=O) groups is 3. The monoisotopic (exact) mass is 549 g/mol. The van der Waals surface area contributed by atoms with Gasteiger partial charge in [0.1, 0.15) is 6.10 Å². The van der Waals surface area contributed by atoms with E-state index in [1.807, 2.05) is 31.2 Å². The quantitative estimate of drug-likeness (QED) is 0.343. The SMILES string of the molecule is COc1cc([C@@H]2C(C(=O)OC3CCCC3)=C(C)NC3=C2C(=O)C[C@@H](c2ccc(Cl)cc2)C3)ccc1OC(C)=O. The third kappa shape index (κ3) is 5.59. The van der Waals surface area contributed by atoms with Crippen molar-refractivity contribution >= 4 is 29.3 Å². The number of rotatable bonds is 6. The summed E-state index contributed by atoms with van der Waals surface area (Å²) in [4.78, 5) is 39.1. The Hall–Kier alpha value is -3.58. The molecule has 2 aliphatic carbocycles. The Morgan fingerprint density at radius 1 is 0.974 bits per heavy atom. The molecule has 1 heterocycles. The molecule has 8 heteroatoms. The molecular weight excluding hydrogens is 518 g/mol. The van der Waals surface area contributed by atoms with Crippen LogP contribution < -0.4 is 14.8 Å². The molecule has 2 aromatic rings. The van der Waals surface area contributed by atoms with Gasteiger partial charge in [-0.1, -0.05) is 29.8 Å². The first-order chi connectivity index (χ1) is 18.7. The van der Waals surface area contributed by atoms with Crippen molar-refractivity contribution in [3.8, 4) is 11.5 Å². The Balaban J connectivity index is 1.57. The van der Waals surface area contributed by atoms with Gasteiger partial charge in [-0.2, -0.15) is 0 Å². The standard InChI is InChI=1S/C31H32ClNO6/c1-17-28(31(36)39-23-6-4-5-7-23)29(20-10-13-26(38-18(2)34)27(16-20)37-3)30-24(33-17)14-21(15-25(30)35)19-8-11-22(32)12-9-19/h8-13,16,21,23,29,33H,4-7,14-15H2,1-3H3/t21-,29+/m0/s1. The number of methoxy groups -OCH3 is 1. The number of Topliss-reactive ketones (excluding diaryl/α,β-unsaturated/α-hetero) is 1. The molecule has 1 aliphatic heterocycles. The summed E-state index contributed by atoms with van der Waals surface area (Å²) in [5, 5.41) is 4.04. The van der Waals surface area contributed by atoms with Gasteiger partial charge < -0.3 is 19.5 Å². The van der Waals surface area contributed by atoms with Crippen LogP contribution in [0.1, 0.15) is 75.3 Å². The minimum Gasteiger partial charge on any atom is -0.493 e. The van der Waals surface area contributed by atoms with Crippen molar-refractivity contribution in [2.45, 2.75) is 70.3 Å². The van der Waals surface area contributed by atoms with E-state index in [9.17, 15) is 14.4 Å². The van der Waals surface area contributed by atoms with E-state index in [0.29, 0.717) is 46.0 Å². The number of ether oxygens (including phenoxy) is 3. The fraction of sp³-hybridized carbons (Fsp3) is 0.387. The van der Waals surface area contributed by atoms with Crippen LogP contribution in [0.2, 0.25) is 5.02 Å². The first-order valence-corrected chi connectivity index (χ1v) is 13.7. The van der Waals surface area contributed by atoms with Gasteiger partial charge in [-0.3, -0.25) is 9.59 Å². The lowest BCUT2D eigenvalue weighted by molar-refractivity contribution is -0.144. The molecule has 1 N–H and O–H groups in total. The number of esters is 2. The molecule has 2 atom stereocenters. The topological polar surface area (TPSA) is 90.9 Å². The summed E-state index contributed by atoms with van der Waals surface area (Å²) in [6.45, 7) is 3.17. The first kappa shape index (κ1) is 27.0. The number of benzene rings is 2. The fourth-order valence-electron chi connectivity index (χ4n) is 5.94. The molecule has 0 amide bonds. The van der Waals surface area contributed by atoms with Crippen molar-refractivity contribution < 1.29 is 28.6 Å². The Morgan fingerprint density at radius 2 is 1.67 bits per heavy atom. The van der Waals surface area contributed by atoms with Crippen LogP contribution in [0.15, 0.2) is 65.0 Å². The Kier molecular flexibility index (Phi) is 7.80. The van der Waals surface area contributed by atoms with Crippen LogP contribution in [-0.2, 0) is 19.1 Å². The average molecular weight is 550 g/mol. The molecule has 0 unspecified atom stereocenters. The number of halogens is 1. The third-order valence-electron chi connectivity index (χ3n) is 7.74. The number of hydrogen-bond acceptors (Lipinski definition) is 7. The van der Waals surface area contributed by atoms with Gasteiger partial charge in [0.05, 0.1) is 12.7 Å². The molecule has 5 rings (SSSR count). The van der Waals surface area contributed by atoms with Crippen LogP contribution in [0.25, 0.3) is 0 Å². The molecule has 1 fully saturated rings. The Labute approximate surface area is 233 Å². The maximum absolute atomic E-state index is 13.8. The molecule has 204 valence electrons. The van der Waals surface area contributed by atoms with E-state index in [0.717, 1.165) is 36.9 Å². The highest BCUT2D eigenvalue weighted by molar-refractivity contribution is 6.30. The van der Waals surface area contributed by atoms with Crippen molar-refractivity contribution in [2.24, 2.45) is 0 Å². The van der Waals surface area contributed by atoms with Gasteiger partial charge in [0, 0.05) is 41.3 Å². The van der Waals surface area contributed by atoms with Gasteiger partial charge in [-0.25, -0.2) is 4.79 Å². The highest BCUT2D eigenvalue weighted by Gasteiger charge is 2.42. The van der Waals surface area contributed by atoms with E-state index >= 15 is 0 Å². The predicted molar refractivity (Wildman–Crippen MR) is 147 cm³/mol. The number of dihydropyridines is 1. The van der Waals surface area contributed by atoms with Crippen LogP contribution in [0, 0.1) is 0 Å². The number of allylic oxidation sites excluding steroid dienone is 3. The van der Waals surface area contributed by atoms with Crippen LogP contribution in [0.4, 0.5) is 0 Å². The van der Waals surface area contributed by atoms with E-state index in [2.05, 4.69) is 5.32 Å². The molecule has 0 bridgehead atoms. The molecule has 0 saturated heterocycles. The molecular formula is C31H32ClNO6. The maximum Gasteiger partial charge on any atom is 0.337 e. The smallest absolute Gasteiger partial charge is 0.337 e. The maximum atomic E-state index is 13.8. The fourth-order valence-corrected chi connectivity index (χ4v) is 6.06. The highest BCUT2D eigenvalue weighted by Crippen LogP contribution is 2.47. The van der Waals surface area contributed by atoms with E-state index in [4.69, 9.17) is 25.8 Å². The second-order valence-corrected chi connectivity index (χ2v) is 10.8. The number of nitrogens with one attached hydrogen (secondary N) is 1. The lowest BCUT2D eigenvalue weighted by Crippen LogP contribution is -2.36. The van der Waals surface area contributed by atoms with Gasteiger partial charge in [-0.15, -0.1) is 0 Å². The van der Waals surface area contributed by atoms with Crippen LogP contribution in [0.3, 0.4) is 0 Å². The number of hydrogen-bond donors (Lipinski definition) is 1. The van der Waals surface area contributed by atoms with Gasteiger partial charge in [0.2, 0.25) is 0 Å². The molecule has 7 nitrogen and oxygen atoms in total. The van der Waals surface area contributed by atoms with Crippen molar-refractivity contribution in [3.05, 3.63) is 81.2 Å². The second-order valence-electron chi connectivity index (χ2n) is 10.4. The lowest BCUT2D eigenvalue weighted by atomic mass is 9.71. The molecule has 2 aromatic carbocycles. The van der Waals surface area contributed by atoms with Gasteiger partial charge in [-0.05, 0) is 80.3 Å². The molecule has 0 aromatic heterocycles. The minimum absolute atomic E-state index is 0.0117. The van der Waals surface area contributed by atoms with Crippen LogP contribution in [0.5, 0.6) is 11.5 Å². The molecule has 39 heavy (non-hydrogen) atoms. The number of carbonyl (C=O) groups excluding carboxylic acids is 3. The summed E-state index contributed by atoms with van der Waals surface area (Å²) in [5.41, 5.74) is 4.17. The average Bonchev–Trinajstić information content (AvgIpc) is 3.41. The Morgan fingerprint density at radius 3 is 2.33 bits per heavy atom. The lowest BCUT2D eigenvalue weighted by Gasteiger charge is -2.37. The second kappa shape index (κ2) is 11.3. The first-order valence-electron chi connectivity index (χ1n) is 13.3. The van der Waals surface area contributed by atoms with Gasteiger partial charge in [0.15, 0.2) is 17.3 Å². The normalized spacial score (nSPS) is 21.4. The predicted octanol–water partition coefficient (Wildman–Crippen LogP) is 6.12. The van der Waals surface area contributed by atoms with Gasteiger partial charge >= 0.3 is 11.9 Å². The molecule has 3 aliphatic rings. The van der Waals surface area contributed by atoms with Crippen molar-refractivity contribution in [2.75, 3.05) is 7.11 Å². The largest absolute Gasteiger partial charge is 0.493 e. The van der Waals surface area contributed by atoms with Crippen LogP contribution >= 0.6 is 11.6 Å². The third-order valence-corrected chi connectivity index (χ3v) is 7.99.